The molecule has 1 aliphatic heterocycles. The number of hydrogen-bond donors (Lipinski definition) is 2. The van der Waals surface area contributed by atoms with Gasteiger partial charge in [-0.2, -0.15) is 13.2 Å². The van der Waals surface area contributed by atoms with E-state index in [9.17, 15) is 18.0 Å². The highest BCUT2D eigenvalue weighted by Crippen LogP contribution is 2.37. The number of halogens is 3. The summed E-state index contributed by atoms with van der Waals surface area (Å²) in [6, 6.07) is -0.567. The average Bonchev–Trinajstić information content (AvgIpc) is 2.06. The van der Waals surface area contributed by atoms with E-state index >= 15 is 0 Å². The lowest BCUT2D eigenvalue weighted by molar-refractivity contribution is -0.294. The summed E-state index contributed by atoms with van der Waals surface area (Å²) >= 11 is 0. The van der Waals surface area contributed by atoms with Gasteiger partial charge in [-0.05, 0) is 5.92 Å². The predicted octanol–water partition coefficient (Wildman–Crippen LogP) is 0.961. The van der Waals surface area contributed by atoms with Gasteiger partial charge in [-0.3, -0.25) is 0 Å². The molecular weight excluding hydrogens is 225 g/mol. The summed E-state index contributed by atoms with van der Waals surface area (Å²) in [5, 5.41) is 11.6. The molecule has 16 heavy (non-hydrogen) atoms. The molecule has 1 aliphatic rings. The Hall–Kier alpha value is -0.980. The van der Waals surface area contributed by atoms with Crippen molar-refractivity contribution in [2.45, 2.75) is 25.6 Å². The minimum atomic E-state index is -4.68. The Morgan fingerprint density at radius 3 is 2.38 bits per heavy atom. The van der Waals surface area contributed by atoms with Crippen LogP contribution in [-0.4, -0.2) is 47.4 Å². The Kier molecular flexibility index (Phi) is 3.37. The fourth-order valence-electron chi connectivity index (χ4n) is 1.31. The molecule has 0 unspecified atom stereocenters. The molecule has 4 nitrogen and oxygen atoms in total. The number of urea groups is 1. The zero-order valence-corrected chi connectivity index (χ0v) is 9.14. The lowest BCUT2D eigenvalue weighted by Crippen LogP contribution is -2.71. The zero-order chi connectivity index (χ0) is 12.6. The molecule has 0 aliphatic carbocycles. The molecule has 0 saturated carbocycles. The number of alkyl halides is 3. The molecular formula is C9H15F3N2O2. The van der Waals surface area contributed by atoms with Crippen LogP contribution in [0, 0.1) is 5.92 Å². The molecule has 0 radical (unpaired) electrons. The highest BCUT2D eigenvalue weighted by Gasteiger charge is 2.62. The summed E-state index contributed by atoms with van der Waals surface area (Å²) in [6.07, 6.45) is -4.68. The number of rotatable bonds is 2. The summed E-state index contributed by atoms with van der Waals surface area (Å²) < 4.78 is 36.7. The van der Waals surface area contributed by atoms with Gasteiger partial charge in [-0.15, -0.1) is 0 Å². The highest BCUT2D eigenvalue weighted by molar-refractivity contribution is 5.75. The number of likely N-dealkylation sites (tertiary alicyclic amines) is 1. The van der Waals surface area contributed by atoms with Crippen molar-refractivity contribution < 1.29 is 23.1 Å². The van der Waals surface area contributed by atoms with Crippen LogP contribution in [0.2, 0.25) is 0 Å². The fourth-order valence-corrected chi connectivity index (χ4v) is 1.31. The first-order valence-electron chi connectivity index (χ1n) is 4.97. The van der Waals surface area contributed by atoms with E-state index in [0.717, 1.165) is 4.90 Å². The first-order chi connectivity index (χ1) is 7.16. The average molecular weight is 240 g/mol. The number of amides is 2. The van der Waals surface area contributed by atoms with Crippen LogP contribution in [0.15, 0.2) is 0 Å². The lowest BCUT2D eigenvalue weighted by atomic mass is 9.94. The largest absolute Gasteiger partial charge is 0.420 e. The first kappa shape index (κ1) is 13.1. The van der Waals surface area contributed by atoms with Crippen molar-refractivity contribution in [2.24, 2.45) is 5.92 Å². The molecule has 2 N–H and O–H groups in total. The van der Waals surface area contributed by atoms with Crippen molar-refractivity contribution in [3.63, 3.8) is 0 Å². The third kappa shape index (κ3) is 2.58. The van der Waals surface area contributed by atoms with Crippen LogP contribution in [0.25, 0.3) is 0 Å². The van der Waals surface area contributed by atoms with E-state index in [1.165, 1.54) is 0 Å². The van der Waals surface area contributed by atoms with E-state index < -0.39 is 30.9 Å². The summed E-state index contributed by atoms with van der Waals surface area (Å²) in [6.45, 7) is 2.77. The Balaban J connectivity index is 2.38. The van der Waals surface area contributed by atoms with Crippen molar-refractivity contribution >= 4 is 6.03 Å². The predicted molar refractivity (Wildman–Crippen MR) is 50.8 cm³/mol. The van der Waals surface area contributed by atoms with Crippen LogP contribution in [0.4, 0.5) is 18.0 Å². The highest BCUT2D eigenvalue weighted by atomic mass is 19.4. The fraction of sp³-hybridized carbons (Fsp3) is 0.889. The minimum Gasteiger partial charge on any atom is -0.378 e. The molecule has 1 saturated heterocycles. The van der Waals surface area contributed by atoms with Crippen LogP contribution < -0.4 is 5.32 Å². The third-order valence-electron chi connectivity index (χ3n) is 2.38. The second-order valence-electron chi connectivity index (χ2n) is 4.47. The van der Waals surface area contributed by atoms with Crippen LogP contribution in [0.5, 0.6) is 0 Å². The summed E-state index contributed by atoms with van der Waals surface area (Å²) in [5.41, 5.74) is -2.73. The number of aliphatic hydroxyl groups is 1. The lowest BCUT2D eigenvalue weighted by Gasteiger charge is -2.46. The molecule has 0 atom stereocenters. The molecule has 0 aromatic carbocycles. The van der Waals surface area contributed by atoms with Crippen LogP contribution in [-0.2, 0) is 0 Å². The number of nitrogens with one attached hydrogen (secondary N) is 1. The summed E-state index contributed by atoms with van der Waals surface area (Å²) in [7, 11) is 0. The van der Waals surface area contributed by atoms with Crippen LogP contribution in [0.3, 0.4) is 0 Å². The maximum atomic E-state index is 12.2. The maximum Gasteiger partial charge on any atom is 0.420 e. The van der Waals surface area contributed by atoms with Crippen molar-refractivity contribution in [2.75, 3.05) is 19.6 Å². The second-order valence-corrected chi connectivity index (χ2v) is 4.47. The molecule has 0 aromatic rings. The van der Waals surface area contributed by atoms with Crippen LogP contribution >= 0.6 is 0 Å². The Labute approximate surface area is 91.4 Å². The first-order valence-corrected chi connectivity index (χ1v) is 4.97. The standard InChI is InChI=1S/C9H15F3N2O2/c1-6(2)3-13-7(15)14-4-8(16,5-14)9(10,11)12/h6,16H,3-5H2,1-2H3,(H,13,15). The van der Waals surface area contributed by atoms with Crippen molar-refractivity contribution in [1.82, 2.24) is 10.2 Å². The zero-order valence-electron chi connectivity index (χ0n) is 9.14. The van der Waals surface area contributed by atoms with E-state index in [0.29, 0.717) is 6.54 Å². The van der Waals surface area contributed by atoms with Gasteiger partial charge in [-0.1, -0.05) is 13.8 Å². The third-order valence-corrected chi connectivity index (χ3v) is 2.38. The summed E-state index contributed by atoms with van der Waals surface area (Å²) in [4.78, 5) is 12.2. The molecule has 1 fully saturated rings. The molecule has 1 rings (SSSR count). The van der Waals surface area contributed by atoms with Crippen molar-refractivity contribution in [3.8, 4) is 0 Å². The quantitative estimate of drug-likeness (QED) is 0.755. The van der Waals surface area contributed by atoms with Crippen LogP contribution in [0.1, 0.15) is 13.8 Å². The van der Waals surface area contributed by atoms with Gasteiger partial charge in [-0.25, -0.2) is 4.79 Å². The molecule has 0 bridgehead atoms. The number of carbonyl (C=O) groups is 1. The second kappa shape index (κ2) is 4.12. The van der Waals surface area contributed by atoms with Gasteiger partial charge in [0, 0.05) is 6.54 Å². The molecule has 94 valence electrons. The number of hydrogen-bond acceptors (Lipinski definition) is 2. The molecule has 2 amide bonds. The van der Waals surface area contributed by atoms with E-state index in [1.54, 1.807) is 0 Å². The molecule has 0 aromatic heterocycles. The Morgan fingerprint density at radius 1 is 1.50 bits per heavy atom. The van der Waals surface area contributed by atoms with E-state index in [1.807, 2.05) is 13.8 Å². The maximum absolute atomic E-state index is 12.2. The van der Waals surface area contributed by atoms with Gasteiger partial charge in [0.25, 0.3) is 0 Å². The Morgan fingerprint density at radius 2 is 2.00 bits per heavy atom. The van der Waals surface area contributed by atoms with Gasteiger partial charge in [0.1, 0.15) is 0 Å². The van der Waals surface area contributed by atoms with Crippen molar-refractivity contribution in [3.05, 3.63) is 0 Å². The number of β-amino-alcohol motifs (C(OH)–C–C–N with tert-alkyl or cyclic N) is 1. The topological polar surface area (TPSA) is 52.6 Å². The van der Waals surface area contributed by atoms with Gasteiger partial charge < -0.3 is 15.3 Å². The SMILES string of the molecule is CC(C)CNC(=O)N1CC(O)(C(F)(F)F)C1. The smallest absolute Gasteiger partial charge is 0.378 e. The van der Waals surface area contributed by atoms with E-state index in [-0.39, 0.29) is 5.92 Å². The van der Waals surface area contributed by atoms with Crippen molar-refractivity contribution in [1.29, 1.82) is 0 Å². The number of carbonyl (C=O) groups excluding carboxylic acids is 1. The molecule has 0 spiro atoms. The van der Waals surface area contributed by atoms with E-state index in [2.05, 4.69) is 5.32 Å². The van der Waals surface area contributed by atoms with Gasteiger partial charge in [0.05, 0.1) is 13.1 Å². The molecule has 1 heterocycles. The Bertz CT molecular complexity index is 272. The minimum absolute atomic E-state index is 0.228. The van der Waals surface area contributed by atoms with Gasteiger partial charge >= 0.3 is 12.2 Å². The molecule has 7 heteroatoms. The monoisotopic (exact) mass is 240 g/mol. The summed E-state index contributed by atoms with van der Waals surface area (Å²) in [5.74, 6) is 0.228. The van der Waals surface area contributed by atoms with Gasteiger partial charge in [0.15, 0.2) is 5.60 Å². The van der Waals surface area contributed by atoms with Gasteiger partial charge in [0.2, 0.25) is 0 Å². The van der Waals surface area contributed by atoms with E-state index in [4.69, 9.17) is 5.11 Å². The normalized spacial score (nSPS) is 19.6. The number of nitrogens with zero attached hydrogens (tertiary/aromatic N) is 1.